The lowest BCUT2D eigenvalue weighted by molar-refractivity contribution is 0.336. The number of rotatable bonds is 3. The third kappa shape index (κ3) is 4.25. The van der Waals surface area contributed by atoms with Crippen molar-refractivity contribution in [2.45, 2.75) is 33.0 Å². The molecule has 0 radical (unpaired) electrons. The molecule has 0 spiro atoms. The van der Waals surface area contributed by atoms with Crippen molar-refractivity contribution < 1.29 is 0 Å². The van der Waals surface area contributed by atoms with Gasteiger partial charge in [-0.15, -0.1) is 0 Å². The minimum atomic E-state index is -0.994. The van der Waals surface area contributed by atoms with Crippen molar-refractivity contribution in [1.82, 2.24) is 4.90 Å². The Bertz CT molecular complexity index is 454. The molecule has 3 nitrogen and oxygen atoms in total. The standard InChI is InChI=1S/C16H29N3Si/c1-14-12-15(6-7-16(14)17)19-9-5-8-18(10-11-19)13-20(2,3)4/h6-7,12H,5,8-11,13,17H2,1-4H3. The fourth-order valence-electron chi connectivity index (χ4n) is 2.91. The lowest BCUT2D eigenvalue weighted by atomic mass is 10.1. The molecule has 4 heteroatoms. The van der Waals surface area contributed by atoms with Gasteiger partial charge in [0.15, 0.2) is 0 Å². The summed E-state index contributed by atoms with van der Waals surface area (Å²) in [5.41, 5.74) is 9.32. The van der Waals surface area contributed by atoms with Crippen molar-refractivity contribution in [2.24, 2.45) is 0 Å². The second-order valence-electron chi connectivity index (χ2n) is 7.22. The summed E-state index contributed by atoms with van der Waals surface area (Å²) in [5, 5.41) is 0. The highest BCUT2D eigenvalue weighted by molar-refractivity contribution is 6.76. The van der Waals surface area contributed by atoms with Crippen LogP contribution >= 0.6 is 0 Å². The maximum absolute atomic E-state index is 5.92. The zero-order valence-electron chi connectivity index (χ0n) is 13.4. The molecule has 112 valence electrons. The first-order chi connectivity index (χ1) is 9.35. The van der Waals surface area contributed by atoms with Crippen LogP contribution in [0.1, 0.15) is 12.0 Å². The lowest BCUT2D eigenvalue weighted by Gasteiger charge is -2.28. The summed E-state index contributed by atoms with van der Waals surface area (Å²) in [6.45, 7) is 14.2. The van der Waals surface area contributed by atoms with Gasteiger partial charge in [-0.25, -0.2) is 0 Å². The van der Waals surface area contributed by atoms with E-state index in [0.717, 1.165) is 18.8 Å². The van der Waals surface area contributed by atoms with Crippen LogP contribution < -0.4 is 10.6 Å². The molecule has 0 unspecified atom stereocenters. The van der Waals surface area contributed by atoms with Crippen LogP contribution in [0.2, 0.25) is 19.6 Å². The van der Waals surface area contributed by atoms with Gasteiger partial charge in [-0.2, -0.15) is 0 Å². The number of hydrogen-bond donors (Lipinski definition) is 1. The Hall–Kier alpha value is -1.00. The number of benzene rings is 1. The second-order valence-corrected chi connectivity index (χ2v) is 12.7. The first-order valence-electron chi connectivity index (χ1n) is 7.69. The van der Waals surface area contributed by atoms with Gasteiger partial charge in [0.25, 0.3) is 0 Å². The molecule has 0 bridgehead atoms. The fraction of sp³-hybridized carbons (Fsp3) is 0.625. The zero-order chi connectivity index (χ0) is 14.8. The van der Waals surface area contributed by atoms with Crippen molar-refractivity contribution in [3.63, 3.8) is 0 Å². The number of nitrogens with two attached hydrogens (primary N) is 1. The van der Waals surface area contributed by atoms with Crippen molar-refractivity contribution in [1.29, 1.82) is 0 Å². The minimum absolute atomic E-state index is 0.893. The van der Waals surface area contributed by atoms with Gasteiger partial charge >= 0.3 is 0 Å². The van der Waals surface area contributed by atoms with Gasteiger partial charge in [0.1, 0.15) is 0 Å². The maximum Gasteiger partial charge on any atom is 0.0599 e. The van der Waals surface area contributed by atoms with Gasteiger partial charge in [-0.3, -0.25) is 0 Å². The van der Waals surface area contributed by atoms with E-state index in [9.17, 15) is 0 Å². The van der Waals surface area contributed by atoms with Crippen LogP contribution in [0.4, 0.5) is 11.4 Å². The van der Waals surface area contributed by atoms with E-state index in [0.29, 0.717) is 0 Å². The average molecular weight is 292 g/mol. The molecule has 1 aromatic carbocycles. The normalized spacial score (nSPS) is 18.1. The third-order valence-electron chi connectivity index (χ3n) is 3.90. The number of hydrogen-bond acceptors (Lipinski definition) is 3. The van der Waals surface area contributed by atoms with E-state index in [1.165, 1.54) is 36.9 Å². The van der Waals surface area contributed by atoms with E-state index >= 15 is 0 Å². The quantitative estimate of drug-likeness (QED) is 0.686. The predicted molar refractivity (Wildman–Crippen MR) is 92.2 cm³/mol. The molecule has 0 saturated carbocycles. The Kier molecular flexibility index (Phi) is 4.76. The molecule has 1 heterocycles. The van der Waals surface area contributed by atoms with Gasteiger partial charge in [0.05, 0.1) is 8.07 Å². The molecule has 1 fully saturated rings. The van der Waals surface area contributed by atoms with Gasteiger partial charge in [0, 0.05) is 31.0 Å². The summed E-state index contributed by atoms with van der Waals surface area (Å²) >= 11 is 0. The van der Waals surface area contributed by atoms with Crippen LogP contribution in [0.3, 0.4) is 0 Å². The summed E-state index contributed by atoms with van der Waals surface area (Å²) in [7, 11) is -0.994. The molecular weight excluding hydrogens is 262 g/mol. The summed E-state index contributed by atoms with van der Waals surface area (Å²) in [4.78, 5) is 5.17. The first-order valence-corrected chi connectivity index (χ1v) is 11.4. The van der Waals surface area contributed by atoms with Crippen LogP contribution in [-0.4, -0.2) is 45.3 Å². The summed E-state index contributed by atoms with van der Waals surface area (Å²) < 4.78 is 0. The van der Waals surface area contributed by atoms with E-state index in [2.05, 4.69) is 48.5 Å². The van der Waals surface area contributed by atoms with E-state index in [-0.39, 0.29) is 0 Å². The Labute approximate surface area is 124 Å². The topological polar surface area (TPSA) is 32.5 Å². The monoisotopic (exact) mass is 291 g/mol. The molecule has 0 amide bonds. The van der Waals surface area contributed by atoms with Gasteiger partial charge in [0.2, 0.25) is 0 Å². The van der Waals surface area contributed by atoms with E-state index in [1.54, 1.807) is 0 Å². The van der Waals surface area contributed by atoms with Crippen molar-refractivity contribution in [3.8, 4) is 0 Å². The molecule has 1 aliphatic heterocycles. The molecular formula is C16H29N3Si. The highest BCUT2D eigenvalue weighted by Crippen LogP contribution is 2.22. The average Bonchev–Trinajstić information content (AvgIpc) is 2.56. The molecule has 0 atom stereocenters. The summed E-state index contributed by atoms with van der Waals surface area (Å²) in [5.74, 6) is 0. The Morgan fingerprint density at radius 2 is 1.85 bits per heavy atom. The highest BCUT2D eigenvalue weighted by Gasteiger charge is 2.21. The fourth-order valence-corrected chi connectivity index (χ4v) is 4.57. The summed E-state index contributed by atoms with van der Waals surface area (Å²) in [6.07, 6.45) is 2.58. The van der Waals surface area contributed by atoms with Crippen LogP contribution in [-0.2, 0) is 0 Å². The minimum Gasteiger partial charge on any atom is -0.399 e. The van der Waals surface area contributed by atoms with E-state index in [4.69, 9.17) is 5.73 Å². The summed E-state index contributed by atoms with van der Waals surface area (Å²) in [6, 6.07) is 6.43. The molecule has 0 aromatic heterocycles. The smallest absolute Gasteiger partial charge is 0.0599 e. The first kappa shape index (κ1) is 15.4. The van der Waals surface area contributed by atoms with Crippen LogP contribution in [0.25, 0.3) is 0 Å². The molecule has 1 aliphatic rings. The number of anilines is 2. The van der Waals surface area contributed by atoms with Crippen LogP contribution in [0.15, 0.2) is 18.2 Å². The SMILES string of the molecule is Cc1cc(N2CCCN(C[Si](C)(C)C)CC2)ccc1N. The number of nitrogen functional groups attached to an aromatic ring is 1. The molecule has 0 aliphatic carbocycles. The van der Waals surface area contributed by atoms with Crippen LogP contribution in [0.5, 0.6) is 0 Å². The largest absolute Gasteiger partial charge is 0.399 e. The second kappa shape index (κ2) is 6.18. The molecule has 1 saturated heterocycles. The lowest BCUT2D eigenvalue weighted by Crippen LogP contribution is -2.42. The van der Waals surface area contributed by atoms with Crippen LogP contribution in [0, 0.1) is 6.92 Å². The van der Waals surface area contributed by atoms with E-state index in [1.807, 2.05) is 6.07 Å². The molecule has 2 N–H and O–H groups in total. The van der Waals surface area contributed by atoms with Gasteiger partial charge < -0.3 is 15.5 Å². The third-order valence-corrected chi connectivity index (χ3v) is 5.30. The Morgan fingerprint density at radius 1 is 1.10 bits per heavy atom. The molecule has 2 rings (SSSR count). The van der Waals surface area contributed by atoms with Crippen molar-refractivity contribution in [3.05, 3.63) is 23.8 Å². The predicted octanol–water partition coefficient (Wildman–Crippen LogP) is 2.97. The molecule has 1 aromatic rings. The van der Waals surface area contributed by atoms with Gasteiger partial charge in [-0.1, -0.05) is 19.6 Å². The highest BCUT2D eigenvalue weighted by atomic mass is 28.3. The Morgan fingerprint density at radius 3 is 2.50 bits per heavy atom. The van der Waals surface area contributed by atoms with Gasteiger partial charge in [-0.05, 0) is 49.8 Å². The Balaban J connectivity index is 2.00. The molecule has 20 heavy (non-hydrogen) atoms. The maximum atomic E-state index is 5.92. The van der Waals surface area contributed by atoms with Crippen molar-refractivity contribution >= 4 is 19.4 Å². The zero-order valence-corrected chi connectivity index (χ0v) is 14.4. The van der Waals surface area contributed by atoms with Crippen molar-refractivity contribution in [2.75, 3.05) is 43.0 Å². The van der Waals surface area contributed by atoms with E-state index < -0.39 is 8.07 Å². The number of nitrogens with zero attached hydrogens (tertiary/aromatic N) is 2. The number of aryl methyl sites for hydroxylation is 1.